The maximum Gasteiger partial charge on any atom is 0.334 e. The maximum atomic E-state index is 12.9. The molecule has 27 heavy (non-hydrogen) atoms. The standard InChI is InChI=1S/C20H26N2O5/c1-13-8-14(2)10-16(9-13)19(24)21-5-3-4-15(11-21)18(23)22-6-7-27-17(12-22)20(25)26/h8-10,15,17H,3-7,11-12H2,1-2H3,(H,25,26). The number of carbonyl (C=O) groups is 3. The Kier molecular flexibility index (Phi) is 5.79. The third-order valence-corrected chi connectivity index (χ3v) is 5.18. The number of morpholine rings is 1. The number of amides is 2. The summed E-state index contributed by atoms with van der Waals surface area (Å²) >= 11 is 0. The minimum atomic E-state index is -1.05. The number of ether oxygens (including phenoxy) is 1. The zero-order valence-corrected chi connectivity index (χ0v) is 15.8. The predicted molar refractivity (Wildman–Crippen MR) is 98.5 cm³/mol. The maximum absolute atomic E-state index is 12.9. The van der Waals surface area contributed by atoms with E-state index in [9.17, 15) is 14.4 Å². The first-order valence-corrected chi connectivity index (χ1v) is 9.36. The number of aliphatic carboxylic acids is 1. The minimum absolute atomic E-state index is 0.0512. The van der Waals surface area contributed by atoms with Crippen LogP contribution in [0.15, 0.2) is 18.2 Å². The lowest BCUT2D eigenvalue weighted by molar-refractivity contribution is -0.161. The molecule has 0 saturated carbocycles. The van der Waals surface area contributed by atoms with Gasteiger partial charge < -0.3 is 19.6 Å². The zero-order chi connectivity index (χ0) is 19.6. The molecule has 2 amide bonds. The molecule has 2 aliphatic rings. The lowest BCUT2D eigenvalue weighted by atomic mass is 9.95. The quantitative estimate of drug-likeness (QED) is 0.866. The van der Waals surface area contributed by atoms with Gasteiger partial charge in [-0.25, -0.2) is 4.79 Å². The van der Waals surface area contributed by atoms with Crippen molar-refractivity contribution >= 4 is 17.8 Å². The highest BCUT2D eigenvalue weighted by atomic mass is 16.5. The number of benzene rings is 1. The van der Waals surface area contributed by atoms with E-state index in [2.05, 4.69) is 0 Å². The first kappa shape index (κ1) is 19.4. The molecular weight excluding hydrogens is 348 g/mol. The Morgan fingerprint density at radius 1 is 1.04 bits per heavy atom. The molecule has 7 nitrogen and oxygen atoms in total. The van der Waals surface area contributed by atoms with Gasteiger partial charge in [-0.05, 0) is 38.8 Å². The van der Waals surface area contributed by atoms with Crippen molar-refractivity contribution in [1.29, 1.82) is 0 Å². The van der Waals surface area contributed by atoms with E-state index in [-0.39, 0.29) is 30.9 Å². The third kappa shape index (κ3) is 4.47. The highest BCUT2D eigenvalue weighted by Gasteiger charge is 2.35. The van der Waals surface area contributed by atoms with E-state index in [1.807, 2.05) is 32.0 Å². The molecule has 7 heteroatoms. The molecule has 1 N–H and O–H groups in total. The first-order chi connectivity index (χ1) is 12.8. The van der Waals surface area contributed by atoms with E-state index in [1.165, 1.54) is 0 Å². The van der Waals surface area contributed by atoms with Crippen molar-refractivity contribution in [2.24, 2.45) is 5.92 Å². The Morgan fingerprint density at radius 3 is 2.41 bits per heavy atom. The van der Waals surface area contributed by atoms with E-state index in [1.54, 1.807) is 9.80 Å². The average molecular weight is 374 g/mol. The summed E-state index contributed by atoms with van der Waals surface area (Å²) in [5.74, 6) is -1.48. The normalized spacial score (nSPS) is 23.2. The number of carbonyl (C=O) groups excluding carboxylic acids is 2. The van der Waals surface area contributed by atoms with E-state index in [0.29, 0.717) is 31.6 Å². The molecule has 1 aromatic rings. The van der Waals surface area contributed by atoms with Gasteiger partial charge >= 0.3 is 5.97 Å². The van der Waals surface area contributed by atoms with E-state index >= 15 is 0 Å². The van der Waals surface area contributed by atoms with Crippen molar-refractivity contribution in [3.8, 4) is 0 Å². The highest BCUT2D eigenvalue weighted by molar-refractivity contribution is 5.95. The second-order valence-electron chi connectivity index (χ2n) is 7.45. The Morgan fingerprint density at radius 2 is 1.74 bits per heavy atom. The van der Waals surface area contributed by atoms with Gasteiger partial charge in [-0.2, -0.15) is 0 Å². The van der Waals surface area contributed by atoms with E-state index in [0.717, 1.165) is 17.5 Å². The number of aryl methyl sites for hydroxylation is 2. The molecule has 146 valence electrons. The van der Waals surface area contributed by atoms with Crippen molar-refractivity contribution in [2.45, 2.75) is 32.8 Å². The van der Waals surface area contributed by atoms with Crippen LogP contribution in [-0.2, 0) is 14.3 Å². The van der Waals surface area contributed by atoms with E-state index in [4.69, 9.17) is 9.84 Å². The summed E-state index contributed by atoms with van der Waals surface area (Å²) in [6.07, 6.45) is 0.504. The number of rotatable bonds is 3. The van der Waals surface area contributed by atoms with Crippen LogP contribution in [0.4, 0.5) is 0 Å². The molecule has 2 unspecified atom stereocenters. The second-order valence-corrected chi connectivity index (χ2v) is 7.45. The van der Waals surface area contributed by atoms with Gasteiger partial charge in [-0.3, -0.25) is 9.59 Å². The fourth-order valence-electron chi connectivity index (χ4n) is 3.90. The molecule has 2 aliphatic heterocycles. The monoisotopic (exact) mass is 374 g/mol. The van der Waals surface area contributed by atoms with Crippen LogP contribution in [0.1, 0.15) is 34.3 Å². The lowest BCUT2D eigenvalue weighted by Gasteiger charge is -2.37. The second kappa shape index (κ2) is 8.08. The minimum Gasteiger partial charge on any atom is -0.479 e. The van der Waals surface area contributed by atoms with Gasteiger partial charge in [0.25, 0.3) is 5.91 Å². The van der Waals surface area contributed by atoms with Crippen LogP contribution < -0.4 is 0 Å². The fourth-order valence-corrected chi connectivity index (χ4v) is 3.90. The summed E-state index contributed by atoms with van der Waals surface area (Å²) in [4.78, 5) is 40.2. The fraction of sp³-hybridized carbons (Fsp3) is 0.550. The van der Waals surface area contributed by atoms with Gasteiger partial charge in [0.05, 0.1) is 19.1 Å². The molecule has 3 rings (SSSR count). The summed E-state index contributed by atoms with van der Waals surface area (Å²) in [7, 11) is 0. The molecular formula is C20H26N2O5. The first-order valence-electron chi connectivity index (χ1n) is 9.36. The van der Waals surface area contributed by atoms with Crippen LogP contribution in [0, 0.1) is 19.8 Å². The molecule has 2 saturated heterocycles. The summed E-state index contributed by atoms with van der Waals surface area (Å²) in [6, 6.07) is 5.77. The topological polar surface area (TPSA) is 87.2 Å². The molecule has 0 aliphatic carbocycles. The van der Waals surface area contributed by atoms with Crippen LogP contribution in [0.2, 0.25) is 0 Å². The molecule has 0 spiro atoms. The SMILES string of the molecule is Cc1cc(C)cc(C(=O)N2CCCC(C(=O)N3CCOC(C(=O)O)C3)C2)c1. The largest absolute Gasteiger partial charge is 0.479 e. The van der Waals surface area contributed by atoms with Crippen molar-refractivity contribution < 1.29 is 24.2 Å². The number of carboxylic acids is 1. The lowest BCUT2D eigenvalue weighted by Crippen LogP contribution is -2.53. The van der Waals surface area contributed by atoms with Crippen LogP contribution in [-0.4, -0.2) is 71.6 Å². The van der Waals surface area contributed by atoms with Gasteiger partial charge in [0, 0.05) is 25.2 Å². The molecule has 2 heterocycles. The number of carboxylic acid groups (broad SMARTS) is 1. The molecule has 1 aromatic carbocycles. The third-order valence-electron chi connectivity index (χ3n) is 5.18. The smallest absolute Gasteiger partial charge is 0.334 e. The summed E-state index contributed by atoms with van der Waals surface area (Å²) < 4.78 is 5.19. The van der Waals surface area contributed by atoms with Crippen LogP contribution in [0.25, 0.3) is 0 Å². The Balaban J connectivity index is 1.67. The molecule has 2 atom stereocenters. The van der Waals surface area contributed by atoms with Crippen LogP contribution in [0.5, 0.6) is 0 Å². The summed E-state index contributed by atoms with van der Waals surface area (Å²) in [6.45, 7) is 5.61. The number of hydrogen-bond donors (Lipinski definition) is 1. The Labute approximate surface area is 158 Å². The summed E-state index contributed by atoms with van der Waals surface area (Å²) in [5, 5.41) is 9.12. The van der Waals surface area contributed by atoms with Gasteiger partial charge in [0.2, 0.25) is 5.91 Å². The number of hydrogen-bond acceptors (Lipinski definition) is 4. The van der Waals surface area contributed by atoms with Gasteiger partial charge in [-0.15, -0.1) is 0 Å². The zero-order valence-electron chi connectivity index (χ0n) is 15.8. The van der Waals surface area contributed by atoms with Crippen molar-refractivity contribution in [3.63, 3.8) is 0 Å². The number of likely N-dealkylation sites (tertiary alicyclic amines) is 1. The van der Waals surface area contributed by atoms with Gasteiger partial charge in [0.1, 0.15) is 0 Å². The van der Waals surface area contributed by atoms with Crippen molar-refractivity contribution in [3.05, 3.63) is 34.9 Å². The molecule has 0 aromatic heterocycles. The Bertz CT molecular complexity index is 728. The van der Waals surface area contributed by atoms with Crippen molar-refractivity contribution in [2.75, 3.05) is 32.8 Å². The number of piperidine rings is 1. The summed E-state index contributed by atoms with van der Waals surface area (Å²) in [5.41, 5.74) is 2.73. The molecule has 0 bridgehead atoms. The molecule has 2 fully saturated rings. The van der Waals surface area contributed by atoms with Gasteiger partial charge in [0.15, 0.2) is 6.10 Å². The predicted octanol–water partition coefficient (Wildman–Crippen LogP) is 1.47. The average Bonchev–Trinajstić information content (AvgIpc) is 2.66. The molecule has 0 radical (unpaired) electrons. The van der Waals surface area contributed by atoms with Gasteiger partial charge in [-0.1, -0.05) is 17.2 Å². The number of nitrogens with zero attached hydrogens (tertiary/aromatic N) is 2. The van der Waals surface area contributed by atoms with E-state index < -0.39 is 12.1 Å². The highest BCUT2D eigenvalue weighted by Crippen LogP contribution is 2.22. The van der Waals surface area contributed by atoms with Crippen LogP contribution in [0.3, 0.4) is 0 Å². The van der Waals surface area contributed by atoms with Crippen LogP contribution >= 0.6 is 0 Å². The Hall–Kier alpha value is -2.41. The van der Waals surface area contributed by atoms with Crippen molar-refractivity contribution in [1.82, 2.24) is 9.80 Å².